The topological polar surface area (TPSA) is 104 Å². The molecule has 0 saturated heterocycles. The number of amides is 2. The standard InChI is InChI=1S/C21H15ClF3N3O4/c1-9-11(22)8-15(32-14-4-3-12(23)18(25)19(14)31-2)16(17(9)24)21(30)28-10-5-6-27-13(7-10)20(26)29/h3-8H,1-2H3,(H2,26,29)(H,27,28,30). The predicted molar refractivity (Wildman–Crippen MR) is 110 cm³/mol. The Balaban J connectivity index is 2.06. The maximum absolute atomic E-state index is 15.0. The minimum absolute atomic E-state index is 0.0472. The van der Waals surface area contributed by atoms with Crippen molar-refractivity contribution in [2.24, 2.45) is 5.73 Å². The molecule has 3 aromatic rings. The first kappa shape index (κ1) is 22.9. The smallest absolute Gasteiger partial charge is 0.267 e. The Labute approximate surface area is 184 Å². The molecule has 32 heavy (non-hydrogen) atoms. The number of halogens is 4. The summed E-state index contributed by atoms with van der Waals surface area (Å²) in [5, 5.41) is 2.33. The second-order valence-electron chi connectivity index (χ2n) is 6.41. The van der Waals surface area contributed by atoms with E-state index in [2.05, 4.69) is 10.3 Å². The second kappa shape index (κ2) is 9.15. The number of ether oxygens (including phenoxy) is 2. The molecule has 166 valence electrons. The summed E-state index contributed by atoms with van der Waals surface area (Å²) in [6.45, 7) is 1.34. The summed E-state index contributed by atoms with van der Waals surface area (Å²) >= 11 is 6.03. The van der Waals surface area contributed by atoms with Gasteiger partial charge in [0.05, 0.1) is 12.1 Å². The third-order valence-corrected chi connectivity index (χ3v) is 4.74. The fraction of sp³-hybridized carbons (Fsp3) is 0.0952. The summed E-state index contributed by atoms with van der Waals surface area (Å²) in [5.41, 5.74) is 4.52. The zero-order chi connectivity index (χ0) is 23.6. The van der Waals surface area contributed by atoms with E-state index in [-0.39, 0.29) is 33.5 Å². The Morgan fingerprint density at radius 1 is 1.09 bits per heavy atom. The van der Waals surface area contributed by atoms with Gasteiger partial charge >= 0.3 is 0 Å². The van der Waals surface area contributed by atoms with E-state index >= 15 is 4.39 Å². The first-order valence-corrected chi connectivity index (χ1v) is 9.27. The van der Waals surface area contributed by atoms with Crippen LogP contribution in [0.1, 0.15) is 26.4 Å². The molecule has 0 saturated carbocycles. The first-order chi connectivity index (χ1) is 15.1. The van der Waals surface area contributed by atoms with Crippen molar-refractivity contribution in [3.63, 3.8) is 0 Å². The van der Waals surface area contributed by atoms with E-state index in [1.54, 1.807) is 0 Å². The Bertz CT molecular complexity index is 1240. The van der Waals surface area contributed by atoms with Gasteiger partial charge in [-0.3, -0.25) is 14.6 Å². The molecule has 2 amide bonds. The van der Waals surface area contributed by atoms with Crippen LogP contribution in [0.4, 0.5) is 18.9 Å². The molecule has 7 nitrogen and oxygen atoms in total. The van der Waals surface area contributed by atoms with E-state index in [9.17, 15) is 18.4 Å². The third kappa shape index (κ3) is 4.45. The molecule has 0 aliphatic heterocycles. The van der Waals surface area contributed by atoms with Crippen molar-refractivity contribution in [1.29, 1.82) is 0 Å². The summed E-state index contributed by atoms with van der Waals surface area (Å²) in [6.07, 6.45) is 1.22. The van der Waals surface area contributed by atoms with Gasteiger partial charge in [0.2, 0.25) is 11.6 Å². The number of rotatable bonds is 6. The van der Waals surface area contributed by atoms with Crippen molar-refractivity contribution >= 4 is 29.1 Å². The average Bonchev–Trinajstić information content (AvgIpc) is 2.75. The molecule has 0 aliphatic carbocycles. The van der Waals surface area contributed by atoms with Crippen LogP contribution in [0.5, 0.6) is 17.2 Å². The van der Waals surface area contributed by atoms with Crippen molar-refractivity contribution in [2.75, 3.05) is 12.4 Å². The highest BCUT2D eigenvalue weighted by Gasteiger charge is 2.25. The molecular weight excluding hydrogens is 451 g/mol. The van der Waals surface area contributed by atoms with Crippen molar-refractivity contribution in [3.8, 4) is 17.2 Å². The molecule has 0 spiro atoms. The zero-order valence-electron chi connectivity index (χ0n) is 16.6. The molecule has 2 aromatic carbocycles. The van der Waals surface area contributed by atoms with Crippen molar-refractivity contribution in [3.05, 3.63) is 75.8 Å². The summed E-state index contributed by atoms with van der Waals surface area (Å²) in [5.74, 6) is -6.62. The molecule has 0 bridgehead atoms. The molecule has 0 unspecified atom stereocenters. The lowest BCUT2D eigenvalue weighted by Gasteiger charge is -2.16. The van der Waals surface area contributed by atoms with Gasteiger partial charge in [0.1, 0.15) is 22.8 Å². The first-order valence-electron chi connectivity index (χ1n) is 8.89. The minimum atomic E-state index is -1.33. The van der Waals surface area contributed by atoms with Gasteiger partial charge in [0.25, 0.3) is 11.8 Å². The van der Waals surface area contributed by atoms with E-state index < -0.39 is 40.6 Å². The number of pyridine rings is 1. The Morgan fingerprint density at radius 2 is 1.81 bits per heavy atom. The molecule has 3 rings (SSSR count). The molecule has 0 aliphatic rings. The van der Waals surface area contributed by atoms with Gasteiger partial charge in [-0.1, -0.05) is 11.6 Å². The van der Waals surface area contributed by atoms with Crippen molar-refractivity contribution in [1.82, 2.24) is 4.98 Å². The number of nitrogens with two attached hydrogens (primary N) is 1. The summed E-state index contributed by atoms with van der Waals surface area (Å²) in [4.78, 5) is 27.9. The number of hydrogen-bond acceptors (Lipinski definition) is 5. The maximum atomic E-state index is 15.0. The molecule has 11 heteroatoms. The highest BCUT2D eigenvalue weighted by molar-refractivity contribution is 6.31. The summed E-state index contributed by atoms with van der Waals surface area (Å²) < 4.78 is 52.9. The summed E-state index contributed by atoms with van der Waals surface area (Å²) in [7, 11) is 1.08. The number of nitrogens with one attached hydrogen (secondary N) is 1. The normalized spacial score (nSPS) is 10.6. The molecule has 1 heterocycles. The van der Waals surface area contributed by atoms with Gasteiger partial charge < -0.3 is 20.5 Å². The van der Waals surface area contributed by atoms with Crippen molar-refractivity contribution < 1.29 is 32.2 Å². The molecule has 0 radical (unpaired) electrons. The minimum Gasteiger partial charge on any atom is -0.490 e. The lowest BCUT2D eigenvalue weighted by molar-refractivity contribution is 0.0991. The van der Waals surface area contributed by atoms with E-state index in [0.717, 1.165) is 25.3 Å². The average molecular weight is 466 g/mol. The van der Waals surface area contributed by atoms with Gasteiger partial charge in [-0.2, -0.15) is 4.39 Å². The van der Waals surface area contributed by atoms with Crippen molar-refractivity contribution in [2.45, 2.75) is 6.92 Å². The SMILES string of the molecule is COc1c(Oc2cc(Cl)c(C)c(F)c2C(=O)Nc2ccnc(C(N)=O)c2)ccc(F)c1F. The monoisotopic (exact) mass is 465 g/mol. The number of carbonyl (C=O) groups is 2. The van der Waals surface area contributed by atoms with Crippen LogP contribution in [0.2, 0.25) is 5.02 Å². The lowest BCUT2D eigenvalue weighted by atomic mass is 10.1. The van der Waals surface area contributed by atoms with E-state index in [1.807, 2.05) is 0 Å². The quantitative estimate of drug-likeness (QED) is 0.553. The van der Waals surface area contributed by atoms with Gasteiger partial charge in [0, 0.05) is 23.5 Å². The van der Waals surface area contributed by atoms with Gasteiger partial charge in [-0.15, -0.1) is 0 Å². The van der Waals surface area contributed by atoms with Crippen LogP contribution in [-0.2, 0) is 0 Å². The fourth-order valence-corrected chi connectivity index (χ4v) is 2.91. The van der Waals surface area contributed by atoms with Crippen LogP contribution < -0.4 is 20.5 Å². The van der Waals surface area contributed by atoms with Gasteiger partial charge in [-0.05, 0) is 31.2 Å². The number of anilines is 1. The Hall–Kier alpha value is -3.79. The number of carbonyl (C=O) groups excluding carboxylic acids is 2. The lowest BCUT2D eigenvalue weighted by Crippen LogP contribution is -2.18. The predicted octanol–water partition coefficient (Wildman–Crippen LogP) is 4.61. The highest BCUT2D eigenvalue weighted by Crippen LogP contribution is 2.39. The van der Waals surface area contributed by atoms with Crippen LogP contribution in [-0.4, -0.2) is 23.9 Å². The number of nitrogens with zero attached hydrogens (tertiary/aromatic N) is 1. The molecule has 0 atom stereocenters. The molecule has 0 fully saturated rings. The van der Waals surface area contributed by atoms with Crippen LogP contribution in [0, 0.1) is 24.4 Å². The number of hydrogen-bond donors (Lipinski definition) is 2. The molecule has 3 N–H and O–H groups in total. The highest BCUT2D eigenvalue weighted by atomic mass is 35.5. The summed E-state index contributed by atoms with van der Waals surface area (Å²) in [6, 6.07) is 5.52. The van der Waals surface area contributed by atoms with E-state index in [4.69, 9.17) is 26.8 Å². The number of primary amides is 1. The van der Waals surface area contributed by atoms with Gasteiger partial charge in [-0.25, -0.2) is 8.78 Å². The van der Waals surface area contributed by atoms with Gasteiger partial charge in [0.15, 0.2) is 11.6 Å². The largest absolute Gasteiger partial charge is 0.490 e. The maximum Gasteiger partial charge on any atom is 0.267 e. The van der Waals surface area contributed by atoms with Crippen LogP contribution in [0.3, 0.4) is 0 Å². The van der Waals surface area contributed by atoms with Crippen LogP contribution in [0.15, 0.2) is 36.5 Å². The molecule has 1 aromatic heterocycles. The molecular formula is C21H15ClF3N3O4. The van der Waals surface area contributed by atoms with Crippen LogP contribution in [0.25, 0.3) is 0 Å². The third-order valence-electron chi connectivity index (χ3n) is 4.35. The Morgan fingerprint density at radius 3 is 2.47 bits per heavy atom. The second-order valence-corrected chi connectivity index (χ2v) is 6.82. The van der Waals surface area contributed by atoms with E-state index in [1.165, 1.54) is 25.3 Å². The number of benzene rings is 2. The van der Waals surface area contributed by atoms with Crippen LogP contribution >= 0.6 is 11.6 Å². The zero-order valence-corrected chi connectivity index (χ0v) is 17.4. The number of aromatic nitrogens is 1. The Kier molecular flexibility index (Phi) is 6.54. The number of methoxy groups -OCH3 is 1. The van der Waals surface area contributed by atoms with E-state index in [0.29, 0.717) is 0 Å². The fourth-order valence-electron chi connectivity index (χ4n) is 2.73.